The van der Waals surface area contributed by atoms with Crippen molar-refractivity contribution in [2.24, 2.45) is 7.05 Å². The van der Waals surface area contributed by atoms with Crippen LogP contribution in [0.1, 0.15) is 36.0 Å². The number of hydrogen-bond acceptors (Lipinski definition) is 3. The van der Waals surface area contributed by atoms with Gasteiger partial charge in [0, 0.05) is 44.8 Å². The Hall–Kier alpha value is -0.870. The molecular weight excluding hydrogens is 202 g/mol. The van der Waals surface area contributed by atoms with Gasteiger partial charge in [-0.3, -0.25) is 0 Å². The molecule has 1 fully saturated rings. The normalized spacial score (nSPS) is 25.4. The zero-order valence-electron chi connectivity index (χ0n) is 9.83. The number of fused-ring (bicyclic) bond motifs is 1. The van der Waals surface area contributed by atoms with Crippen molar-refractivity contribution in [3.63, 3.8) is 0 Å². The molecule has 2 aliphatic rings. The fraction of sp³-hybridized carbons (Fsp3) is 0.750. The first-order chi connectivity index (χ1) is 7.86. The Morgan fingerprint density at radius 2 is 2.44 bits per heavy atom. The van der Waals surface area contributed by atoms with Crippen LogP contribution in [0.2, 0.25) is 0 Å². The Labute approximate surface area is 96.0 Å². The third-order valence-electron chi connectivity index (χ3n) is 3.69. The molecule has 0 saturated carbocycles. The third kappa shape index (κ3) is 1.66. The first kappa shape index (κ1) is 10.3. The van der Waals surface area contributed by atoms with E-state index in [1.165, 1.54) is 30.1 Å². The number of ether oxygens (including phenoxy) is 1. The largest absolute Gasteiger partial charge is 0.381 e. The molecule has 1 atom stereocenters. The molecule has 3 rings (SSSR count). The lowest BCUT2D eigenvalue weighted by Gasteiger charge is -2.21. The molecule has 1 unspecified atom stereocenters. The van der Waals surface area contributed by atoms with Gasteiger partial charge in [-0.2, -0.15) is 0 Å². The Bertz CT molecular complexity index is 380. The summed E-state index contributed by atoms with van der Waals surface area (Å²) in [5.41, 5.74) is 2.66. The number of nitrogens with one attached hydrogen (secondary N) is 1. The van der Waals surface area contributed by atoms with Gasteiger partial charge in [-0.05, 0) is 12.8 Å². The van der Waals surface area contributed by atoms with Crippen molar-refractivity contribution < 1.29 is 4.74 Å². The van der Waals surface area contributed by atoms with Gasteiger partial charge in [0.25, 0.3) is 0 Å². The fourth-order valence-electron chi connectivity index (χ4n) is 2.79. The predicted molar refractivity (Wildman–Crippen MR) is 61.4 cm³/mol. The molecule has 4 nitrogen and oxygen atoms in total. The molecular formula is C12H19N3O. The zero-order chi connectivity index (χ0) is 11.0. The summed E-state index contributed by atoms with van der Waals surface area (Å²) in [6.45, 7) is 3.77. The van der Waals surface area contributed by atoms with E-state index >= 15 is 0 Å². The van der Waals surface area contributed by atoms with Crippen LogP contribution in [0.5, 0.6) is 0 Å². The van der Waals surface area contributed by atoms with Crippen LogP contribution in [0.4, 0.5) is 0 Å². The SMILES string of the molecule is Cn1c(C2CCCOC2)nc2c1CCNC2. The summed E-state index contributed by atoms with van der Waals surface area (Å²) < 4.78 is 7.86. The molecule has 3 heterocycles. The van der Waals surface area contributed by atoms with Crippen LogP contribution < -0.4 is 5.32 Å². The zero-order valence-corrected chi connectivity index (χ0v) is 9.83. The van der Waals surface area contributed by atoms with E-state index in [1.54, 1.807) is 0 Å². The molecule has 1 aromatic rings. The van der Waals surface area contributed by atoms with Crippen molar-refractivity contribution in [2.45, 2.75) is 31.7 Å². The standard InChI is InChI=1S/C12H19N3O/c1-15-11-4-5-13-7-10(11)14-12(15)9-3-2-6-16-8-9/h9,13H,2-8H2,1H3. The van der Waals surface area contributed by atoms with Crippen LogP contribution in [0, 0.1) is 0 Å². The average molecular weight is 221 g/mol. The van der Waals surface area contributed by atoms with Crippen LogP contribution in [0.25, 0.3) is 0 Å². The lowest BCUT2D eigenvalue weighted by atomic mass is 10.0. The number of hydrogen-bond donors (Lipinski definition) is 1. The Morgan fingerprint density at radius 1 is 1.50 bits per heavy atom. The van der Waals surface area contributed by atoms with Crippen molar-refractivity contribution in [3.8, 4) is 0 Å². The molecule has 16 heavy (non-hydrogen) atoms. The molecule has 0 aromatic carbocycles. The van der Waals surface area contributed by atoms with E-state index in [4.69, 9.17) is 9.72 Å². The Balaban J connectivity index is 1.91. The second-order valence-electron chi connectivity index (χ2n) is 4.76. The molecule has 0 spiro atoms. The van der Waals surface area contributed by atoms with Crippen LogP contribution in [-0.2, 0) is 24.8 Å². The summed E-state index contributed by atoms with van der Waals surface area (Å²) in [5, 5.41) is 3.38. The summed E-state index contributed by atoms with van der Waals surface area (Å²) in [7, 11) is 2.15. The maximum Gasteiger partial charge on any atom is 0.114 e. The van der Waals surface area contributed by atoms with Gasteiger partial charge >= 0.3 is 0 Å². The topological polar surface area (TPSA) is 39.1 Å². The Morgan fingerprint density at radius 3 is 3.19 bits per heavy atom. The van der Waals surface area contributed by atoms with E-state index < -0.39 is 0 Å². The second kappa shape index (κ2) is 4.18. The maximum atomic E-state index is 5.55. The fourth-order valence-corrected chi connectivity index (χ4v) is 2.79. The molecule has 4 heteroatoms. The highest BCUT2D eigenvalue weighted by Crippen LogP contribution is 2.27. The highest BCUT2D eigenvalue weighted by atomic mass is 16.5. The average Bonchev–Trinajstić information content (AvgIpc) is 2.69. The summed E-state index contributed by atoms with van der Waals surface area (Å²) in [4.78, 5) is 4.79. The van der Waals surface area contributed by atoms with Crippen molar-refractivity contribution >= 4 is 0 Å². The van der Waals surface area contributed by atoms with Gasteiger partial charge < -0.3 is 14.6 Å². The molecule has 0 bridgehead atoms. The van der Waals surface area contributed by atoms with E-state index in [-0.39, 0.29) is 0 Å². The monoisotopic (exact) mass is 221 g/mol. The predicted octanol–water partition coefficient (Wildman–Crippen LogP) is 0.960. The molecule has 1 N–H and O–H groups in total. The van der Waals surface area contributed by atoms with E-state index in [2.05, 4.69) is 16.9 Å². The lowest BCUT2D eigenvalue weighted by molar-refractivity contribution is 0.0772. The quantitative estimate of drug-likeness (QED) is 0.767. The minimum atomic E-state index is 0.504. The second-order valence-corrected chi connectivity index (χ2v) is 4.76. The summed E-state index contributed by atoms with van der Waals surface area (Å²) in [6, 6.07) is 0. The van der Waals surface area contributed by atoms with Crippen molar-refractivity contribution in [1.29, 1.82) is 0 Å². The molecule has 0 radical (unpaired) electrons. The van der Waals surface area contributed by atoms with Crippen molar-refractivity contribution in [1.82, 2.24) is 14.9 Å². The molecule has 1 saturated heterocycles. The Kier molecular flexibility index (Phi) is 2.69. The van der Waals surface area contributed by atoms with Gasteiger partial charge in [-0.25, -0.2) is 4.98 Å². The van der Waals surface area contributed by atoms with Crippen LogP contribution >= 0.6 is 0 Å². The third-order valence-corrected chi connectivity index (χ3v) is 3.69. The number of rotatable bonds is 1. The highest BCUT2D eigenvalue weighted by Gasteiger charge is 2.24. The van der Waals surface area contributed by atoms with E-state index in [9.17, 15) is 0 Å². The van der Waals surface area contributed by atoms with Gasteiger partial charge in [0.05, 0.1) is 12.3 Å². The molecule has 0 amide bonds. The van der Waals surface area contributed by atoms with Gasteiger partial charge in [0.1, 0.15) is 5.82 Å². The minimum Gasteiger partial charge on any atom is -0.381 e. The van der Waals surface area contributed by atoms with Crippen LogP contribution in [0.15, 0.2) is 0 Å². The van der Waals surface area contributed by atoms with E-state index in [0.717, 1.165) is 32.7 Å². The maximum absolute atomic E-state index is 5.55. The summed E-state index contributed by atoms with van der Waals surface area (Å²) >= 11 is 0. The number of nitrogens with zero attached hydrogens (tertiary/aromatic N) is 2. The van der Waals surface area contributed by atoms with Gasteiger partial charge in [-0.1, -0.05) is 0 Å². The first-order valence-electron chi connectivity index (χ1n) is 6.19. The number of aromatic nitrogens is 2. The van der Waals surface area contributed by atoms with Crippen molar-refractivity contribution in [3.05, 3.63) is 17.2 Å². The first-order valence-corrected chi connectivity index (χ1v) is 6.19. The van der Waals surface area contributed by atoms with Gasteiger partial charge in [0.2, 0.25) is 0 Å². The summed E-state index contributed by atoms with van der Waals surface area (Å²) in [5.74, 6) is 1.73. The molecule has 1 aromatic heterocycles. The van der Waals surface area contributed by atoms with Crippen molar-refractivity contribution in [2.75, 3.05) is 19.8 Å². The van der Waals surface area contributed by atoms with Gasteiger partial charge in [0.15, 0.2) is 0 Å². The van der Waals surface area contributed by atoms with Crippen LogP contribution in [0.3, 0.4) is 0 Å². The van der Waals surface area contributed by atoms with Crippen LogP contribution in [-0.4, -0.2) is 29.3 Å². The van der Waals surface area contributed by atoms with E-state index in [1.807, 2.05) is 0 Å². The highest BCUT2D eigenvalue weighted by molar-refractivity contribution is 5.21. The molecule has 88 valence electrons. The molecule has 2 aliphatic heterocycles. The van der Waals surface area contributed by atoms with Gasteiger partial charge in [-0.15, -0.1) is 0 Å². The van der Waals surface area contributed by atoms with E-state index in [0.29, 0.717) is 5.92 Å². The number of imidazole rings is 1. The molecule has 0 aliphatic carbocycles. The smallest absolute Gasteiger partial charge is 0.114 e. The minimum absolute atomic E-state index is 0.504. The lowest BCUT2D eigenvalue weighted by Crippen LogP contribution is -2.24. The summed E-state index contributed by atoms with van der Waals surface area (Å²) in [6.07, 6.45) is 3.49.